The zero-order valence-electron chi connectivity index (χ0n) is 11.8. The van der Waals surface area contributed by atoms with Crippen molar-refractivity contribution in [2.75, 3.05) is 11.9 Å². The molecule has 1 atom stereocenters. The predicted octanol–water partition coefficient (Wildman–Crippen LogP) is 2.35. The minimum atomic E-state index is -1.05. The summed E-state index contributed by atoms with van der Waals surface area (Å²) < 4.78 is 0. The molecule has 0 bridgehead atoms. The van der Waals surface area contributed by atoms with Crippen LogP contribution in [0.3, 0.4) is 0 Å². The average molecular weight is 300 g/mol. The van der Waals surface area contributed by atoms with Gasteiger partial charge in [-0.25, -0.2) is 9.59 Å². The second kappa shape index (κ2) is 7.25. The lowest BCUT2D eigenvalue weighted by molar-refractivity contribution is 0.0697. The fourth-order valence-corrected chi connectivity index (χ4v) is 2.72. The molecule has 6 nitrogen and oxygen atoms in total. The van der Waals surface area contributed by atoms with Gasteiger partial charge in [-0.1, -0.05) is 6.92 Å². The average Bonchev–Trinajstić information content (AvgIpc) is 2.64. The van der Waals surface area contributed by atoms with Crippen molar-refractivity contribution in [2.45, 2.75) is 39.7 Å². The first-order valence-corrected chi connectivity index (χ1v) is 7.24. The number of aliphatic hydroxyl groups excluding tert-OH is 1. The number of carboxylic acids is 1. The molecular formula is C13H20N2O4S. The second-order valence-electron chi connectivity index (χ2n) is 4.52. The summed E-state index contributed by atoms with van der Waals surface area (Å²) >= 11 is 1.24. The van der Waals surface area contributed by atoms with Gasteiger partial charge >= 0.3 is 12.0 Å². The molecule has 0 spiro atoms. The van der Waals surface area contributed by atoms with Gasteiger partial charge in [-0.15, -0.1) is 11.3 Å². The Morgan fingerprint density at radius 3 is 2.55 bits per heavy atom. The zero-order chi connectivity index (χ0) is 15.3. The largest absolute Gasteiger partial charge is 0.478 e. The summed E-state index contributed by atoms with van der Waals surface area (Å²) in [4.78, 5) is 23.7. The third-order valence-corrected chi connectivity index (χ3v) is 4.18. The monoisotopic (exact) mass is 300 g/mol. The topological polar surface area (TPSA) is 98.7 Å². The molecule has 0 aliphatic carbocycles. The second-order valence-corrected chi connectivity index (χ2v) is 5.75. The SMILES string of the molecule is CCC(O)CCNC(=O)Nc1sc(C)c(C)c1C(=O)O. The van der Waals surface area contributed by atoms with Crippen LogP contribution < -0.4 is 10.6 Å². The van der Waals surface area contributed by atoms with Crippen LogP contribution in [0.5, 0.6) is 0 Å². The zero-order valence-corrected chi connectivity index (χ0v) is 12.6. The van der Waals surface area contributed by atoms with Crippen LogP contribution in [-0.2, 0) is 0 Å². The summed E-state index contributed by atoms with van der Waals surface area (Å²) in [6, 6.07) is -0.461. The molecule has 1 aromatic rings. The summed E-state index contributed by atoms with van der Waals surface area (Å²) in [5.74, 6) is -1.05. The van der Waals surface area contributed by atoms with Gasteiger partial charge in [0.05, 0.1) is 11.7 Å². The summed E-state index contributed by atoms with van der Waals surface area (Å²) in [5.41, 5.74) is 0.801. The molecule has 0 saturated heterocycles. The minimum Gasteiger partial charge on any atom is -0.478 e. The molecule has 4 N–H and O–H groups in total. The van der Waals surface area contributed by atoms with Crippen LogP contribution in [0.2, 0.25) is 0 Å². The van der Waals surface area contributed by atoms with Gasteiger partial charge in [0.25, 0.3) is 0 Å². The molecule has 20 heavy (non-hydrogen) atoms. The van der Waals surface area contributed by atoms with E-state index >= 15 is 0 Å². The highest BCUT2D eigenvalue weighted by molar-refractivity contribution is 7.16. The number of amides is 2. The van der Waals surface area contributed by atoms with Gasteiger partial charge in [-0.05, 0) is 32.3 Å². The Bertz CT molecular complexity index is 499. The molecule has 7 heteroatoms. The number of carbonyl (C=O) groups is 2. The number of hydrogen-bond donors (Lipinski definition) is 4. The number of aliphatic hydroxyl groups is 1. The Hall–Kier alpha value is -1.60. The van der Waals surface area contributed by atoms with Crippen molar-refractivity contribution in [3.05, 3.63) is 16.0 Å². The first-order chi connectivity index (χ1) is 9.36. The smallest absolute Gasteiger partial charge is 0.338 e. The third kappa shape index (κ3) is 4.21. The molecule has 0 radical (unpaired) electrons. The highest BCUT2D eigenvalue weighted by atomic mass is 32.1. The molecule has 2 amide bonds. The summed E-state index contributed by atoms with van der Waals surface area (Å²) in [6.45, 7) is 5.73. The number of urea groups is 1. The Balaban J connectivity index is 2.62. The molecule has 0 aliphatic heterocycles. The normalized spacial score (nSPS) is 12.0. The highest BCUT2D eigenvalue weighted by Crippen LogP contribution is 2.32. The quantitative estimate of drug-likeness (QED) is 0.648. The number of aromatic carboxylic acids is 1. The Morgan fingerprint density at radius 2 is 2.00 bits per heavy atom. The van der Waals surface area contributed by atoms with E-state index in [1.54, 1.807) is 6.92 Å². The number of anilines is 1. The first-order valence-electron chi connectivity index (χ1n) is 6.43. The van der Waals surface area contributed by atoms with Crippen molar-refractivity contribution in [2.24, 2.45) is 0 Å². The van der Waals surface area contributed by atoms with E-state index in [1.807, 2.05) is 13.8 Å². The maximum absolute atomic E-state index is 11.7. The number of carbonyl (C=O) groups excluding carboxylic acids is 1. The van der Waals surface area contributed by atoms with Crippen molar-refractivity contribution in [1.82, 2.24) is 5.32 Å². The van der Waals surface area contributed by atoms with Crippen molar-refractivity contribution in [3.63, 3.8) is 0 Å². The molecule has 1 rings (SSSR count). The van der Waals surface area contributed by atoms with Crippen LogP contribution >= 0.6 is 11.3 Å². The van der Waals surface area contributed by atoms with Gasteiger partial charge < -0.3 is 15.5 Å². The van der Waals surface area contributed by atoms with Gasteiger partial charge in [0, 0.05) is 11.4 Å². The lowest BCUT2D eigenvalue weighted by Crippen LogP contribution is -2.31. The molecule has 0 fully saturated rings. The lowest BCUT2D eigenvalue weighted by atomic mass is 10.1. The third-order valence-electron chi connectivity index (χ3n) is 3.06. The maximum atomic E-state index is 11.7. The van der Waals surface area contributed by atoms with E-state index in [-0.39, 0.29) is 5.56 Å². The van der Waals surface area contributed by atoms with Crippen molar-refractivity contribution in [1.29, 1.82) is 0 Å². The fourth-order valence-electron chi connectivity index (χ4n) is 1.68. The molecule has 1 aromatic heterocycles. The molecule has 0 saturated carbocycles. The van der Waals surface area contributed by atoms with Crippen molar-refractivity contribution < 1.29 is 19.8 Å². The van der Waals surface area contributed by atoms with E-state index in [2.05, 4.69) is 10.6 Å². The van der Waals surface area contributed by atoms with E-state index < -0.39 is 18.1 Å². The van der Waals surface area contributed by atoms with E-state index in [9.17, 15) is 14.7 Å². The van der Waals surface area contributed by atoms with E-state index in [0.717, 1.165) is 4.88 Å². The number of aryl methyl sites for hydroxylation is 1. The van der Waals surface area contributed by atoms with Crippen LogP contribution in [0.15, 0.2) is 0 Å². The summed E-state index contributed by atoms with van der Waals surface area (Å²) in [5, 5.41) is 24.0. The van der Waals surface area contributed by atoms with Crippen LogP contribution in [0.4, 0.5) is 9.80 Å². The number of hydrogen-bond acceptors (Lipinski definition) is 4. The van der Waals surface area contributed by atoms with Crippen LogP contribution in [0.25, 0.3) is 0 Å². The van der Waals surface area contributed by atoms with Crippen molar-refractivity contribution >= 4 is 28.3 Å². The Kier molecular flexibility index (Phi) is 5.97. The van der Waals surface area contributed by atoms with Gasteiger partial charge in [-0.3, -0.25) is 5.32 Å². The van der Waals surface area contributed by atoms with Crippen LogP contribution in [0.1, 0.15) is 40.6 Å². The standard InChI is InChI=1S/C13H20N2O4S/c1-4-9(16)5-6-14-13(19)15-11-10(12(17)18)7(2)8(3)20-11/h9,16H,4-6H2,1-3H3,(H,17,18)(H2,14,15,19). The van der Waals surface area contributed by atoms with Crippen LogP contribution in [0, 0.1) is 13.8 Å². The summed E-state index contributed by atoms with van der Waals surface area (Å²) in [7, 11) is 0. The summed E-state index contributed by atoms with van der Waals surface area (Å²) in [6.07, 6.45) is 0.671. The van der Waals surface area contributed by atoms with E-state index in [4.69, 9.17) is 5.11 Å². The van der Waals surface area contributed by atoms with E-state index in [0.29, 0.717) is 30.0 Å². The van der Waals surface area contributed by atoms with Gasteiger partial charge in [0.2, 0.25) is 0 Å². The molecular weight excluding hydrogens is 280 g/mol. The molecule has 1 heterocycles. The lowest BCUT2D eigenvalue weighted by Gasteiger charge is -2.09. The number of thiophene rings is 1. The Morgan fingerprint density at radius 1 is 1.35 bits per heavy atom. The predicted molar refractivity (Wildman–Crippen MR) is 78.7 cm³/mol. The van der Waals surface area contributed by atoms with Gasteiger partial charge in [0.15, 0.2) is 0 Å². The minimum absolute atomic E-state index is 0.135. The number of rotatable bonds is 6. The number of nitrogens with one attached hydrogen (secondary N) is 2. The van der Waals surface area contributed by atoms with Crippen molar-refractivity contribution in [3.8, 4) is 0 Å². The molecule has 0 aromatic carbocycles. The molecule has 1 unspecified atom stereocenters. The van der Waals surface area contributed by atoms with Crippen LogP contribution in [-0.4, -0.2) is 34.9 Å². The molecule has 112 valence electrons. The van der Waals surface area contributed by atoms with Gasteiger partial charge in [-0.2, -0.15) is 0 Å². The fraction of sp³-hybridized carbons (Fsp3) is 0.538. The van der Waals surface area contributed by atoms with Gasteiger partial charge in [0.1, 0.15) is 5.00 Å². The highest BCUT2D eigenvalue weighted by Gasteiger charge is 2.20. The number of carboxylic acid groups (broad SMARTS) is 1. The van der Waals surface area contributed by atoms with E-state index in [1.165, 1.54) is 11.3 Å². The first kappa shape index (κ1) is 16.5. The Labute approximate surface area is 121 Å². The molecule has 0 aliphatic rings. The maximum Gasteiger partial charge on any atom is 0.338 e.